The van der Waals surface area contributed by atoms with Crippen LogP contribution in [0.4, 0.5) is 35.1 Å². The Morgan fingerprint density at radius 2 is 1.16 bits per heavy atom. The third-order valence-corrected chi connectivity index (χ3v) is 11.6. The summed E-state index contributed by atoms with van der Waals surface area (Å²) in [6, 6.07) is 0. The van der Waals surface area contributed by atoms with E-state index < -0.39 is 75.5 Å². The van der Waals surface area contributed by atoms with Crippen molar-refractivity contribution in [3.8, 4) is 0 Å². The molecule has 0 radical (unpaired) electrons. The van der Waals surface area contributed by atoms with Crippen molar-refractivity contribution in [1.82, 2.24) is 9.21 Å². The van der Waals surface area contributed by atoms with Crippen molar-refractivity contribution < 1.29 is 60.4 Å². The Bertz CT molecular complexity index is 1000. The molecule has 0 amide bonds. The number of hydrogen-bond donors (Lipinski definition) is 0. The van der Waals surface area contributed by atoms with E-state index in [0.29, 0.717) is 0 Å². The van der Waals surface area contributed by atoms with Crippen LogP contribution in [0.15, 0.2) is 0 Å². The first-order chi connectivity index (χ1) is 14.0. The molecule has 1 aliphatic heterocycles. The number of piperazine rings is 1. The van der Waals surface area contributed by atoms with Gasteiger partial charge in [0.1, 0.15) is 0 Å². The van der Waals surface area contributed by atoms with Crippen molar-refractivity contribution >= 4 is 29.7 Å². The molecule has 1 saturated heterocycles. The maximum absolute atomic E-state index is 14.3. The van der Waals surface area contributed by atoms with E-state index in [4.69, 9.17) is 0 Å². The lowest BCUT2D eigenvalue weighted by molar-refractivity contribution is -0.178. The molecular formula is C13H20F8N2O6S3. The zero-order valence-electron chi connectivity index (χ0n) is 16.7. The Kier molecular flexibility index (Phi) is 8.02. The van der Waals surface area contributed by atoms with Gasteiger partial charge in [0.15, 0.2) is 9.84 Å². The van der Waals surface area contributed by atoms with Gasteiger partial charge in [-0.05, 0) is 20.9 Å². The van der Waals surface area contributed by atoms with Crippen molar-refractivity contribution in [3.05, 3.63) is 0 Å². The van der Waals surface area contributed by atoms with Crippen LogP contribution in [-0.4, -0.2) is 100 Å². The molecule has 1 fully saturated rings. The number of halogens is 8. The van der Waals surface area contributed by atoms with E-state index in [9.17, 15) is 60.4 Å². The van der Waals surface area contributed by atoms with E-state index in [0.717, 1.165) is 0 Å². The maximum atomic E-state index is 14.3. The lowest BCUT2D eigenvalue weighted by atomic mass is 10.3. The Morgan fingerprint density at radius 3 is 1.53 bits per heavy atom. The number of alkyl halides is 8. The lowest BCUT2D eigenvalue weighted by Gasteiger charge is -2.36. The summed E-state index contributed by atoms with van der Waals surface area (Å²) in [6.07, 6.45) is 0. The third-order valence-electron chi connectivity index (χ3n) is 5.08. The molecule has 19 heteroatoms. The summed E-state index contributed by atoms with van der Waals surface area (Å²) in [6.45, 7) is -1.53. The molecular weight excluding hydrogens is 528 g/mol. The highest BCUT2D eigenvalue weighted by molar-refractivity contribution is 7.96. The van der Waals surface area contributed by atoms with Crippen LogP contribution in [0.2, 0.25) is 0 Å². The Labute approximate surface area is 179 Å². The van der Waals surface area contributed by atoms with Gasteiger partial charge in [0.05, 0.1) is 10.5 Å². The fourth-order valence-corrected chi connectivity index (χ4v) is 7.41. The fraction of sp³-hybridized carbons (Fsp3) is 1.00. The standard InChI is InChI=1S/C13H20F8N2O6S3/c1-8(9(2)31(26,27)13(19,20)21)30(24,25)10(14)11(15,16)12(17,18)32(28,29)23-6-4-22(3)5-7-23/h8-10H,4-7H2,1-3H3. The van der Waals surface area contributed by atoms with Crippen molar-refractivity contribution in [1.29, 1.82) is 0 Å². The van der Waals surface area contributed by atoms with Crippen LogP contribution in [0, 0.1) is 0 Å². The largest absolute Gasteiger partial charge is 0.497 e. The fourth-order valence-electron chi connectivity index (χ4n) is 2.62. The molecule has 1 heterocycles. The third kappa shape index (κ3) is 4.72. The van der Waals surface area contributed by atoms with Gasteiger partial charge in [0.2, 0.25) is 0 Å². The quantitative estimate of drug-likeness (QED) is 0.420. The Morgan fingerprint density at radius 1 is 0.750 bits per heavy atom. The average molecular weight is 548 g/mol. The molecule has 0 N–H and O–H groups in total. The SMILES string of the molecule is CC(C(C)S(=O)(=O)C(F)(F)F)S(=O)(=O)C(F)C(F)(F)C(F)(F)S(=O)(=O)N1CCN(C)CC1. The minimum Gasteiger partial charge on any atom is -0.304 e. The first kappa shape index (κ1) is 29.2. The van der Waals surface area contributed by atoms with Crippen LogP contribution in [0.1, 0.15) is 13.8 Å². The zero-order chi connectivity index (χ0) is 25.7. The number of sulfonamides is 1. The van der Waals surface area contributed by atoms with Gasteiger partial charge in [-0.25, -0.2) is 29.6 Å². The van der Waals surface area contributed by atoms with Gasteiger partial charge in [0, 0.05) is 26.2 Å². The lowest BCUT2D eigenvalue weighted by Crippen LogP contribution is -2.62. The minimum absolute atomic E-state index is 0.0963. The molecule has 1 aliphatic rings. The topological polar surface area (TPSA) is 109 Å². The molecule has 0 saturated carbocycles. The highest BCUT2D eigenvalue weighted by atomic mass is 32.2. The van der Waals surface area contributed by atoms with Gasteiger partial charge in [-0.2, -0.15) is 35.0 Å². The molecule has 0 aliphatic carbocycles. The summed E-state index contributed by atoms with van der Waals surface area (Å²) in [4.78, 5) is 1.45. The summed E-state index contributed by atoms with van der Waals surface area (Å²) in [5.74, 6) is -6.47. The molecule has 0 aromatic heterocycles. The number of rotatable bonds is 8. The summed E-state index contributed by atoms with van der Waals surface area (Å²) < 4.78 is 180. The van der Waals surface area contributed by atoms with Crippen LogP contribution in [0.5, 0.6) is 0 Å². The Hall–Kier alpha value is -0.790. The molecule has 0 aromatic carbocycles. The van der Waals surface area contributed by atoms with Gasteiger partial charge in [-0.1, -0.05) is 0 Å². The van der Waals surface area contributed by atoms with Crippen molar-refractivity contribution in [2.45, 2.75) is 46.5 Å². The molecule has 192 valence electrons. The van der Waals surface area contributed by atoms with Gasteiger partial charge in [0.25, 0.3) is 25.4 Å². The maximum Gasteiger partial charge on any atom is 0.497 e. The average Bonchev–Trinajstić information content (AvgIpc) is 2.65. The van der Waals surface area contributed by atoms with Crippen LogP contribution in [0.3, 0.4) is 0 Å². The first-order valence-electron chi connectivity index (χ1n) is 8.58. The van der Waals surface area contributed by atoms with E-state index in [-0.39, 0.29) is 31.2 Å². The second kappa shape index (κ2) is 8.77. The summed E-state index contributed by atoms with van der Waals surface area (Å²) in [5.41, 5.74) is -11.1. The molecule has 0 spiro atoms. The van der Waals surface area contributed by atoms with E-state index in [1.807, 2.05) is 0 Å². The Balaban J connectivity index is 3.37. The molecule has 3 unspecified atom stereocenters. The van der Waals surface area contributed by atoms with Gasteiger partial charge < -0.3 is 4.90 Å². The highest BCUT2D eigenvalue weighted by Gasteiger charge is 2.74. The number of hydrogen-bond acceptors (Lipinski definition) is 7. The van der Waals surface area contributed by atoms with Crippen molar-refractivity contribution in [2.24, 2.45) is 0 Å². The van der Waals surface area contributed by atoms with Gasteiger partial charge in [-0.15, -0.1) is 0 Å². The van der Waals surface area contributed by atoms with E-state index >= 15 is 0 Å². The molecule has 0 aromatic rings. The summed E-state index contributed by atoms with van der Waals surface area (Å²) >= 11 is 0. The van der Waals surface area contributed by atoms with E-state index in [1.54, 1.807) is 0 Å². The molecule has 3 atom stereocenters. The smallest absolute Gasteiger partial charge is 0.304 e. The van der Waals surface area contributed by atoms with E-state index in [2.05, 4.69) is 0 Å². The highest BCUT2D eigenvalue weighted by Crippen LogP contribution is 2.46. The second-order valence-electron chi connectivity index (χ2n) is 7.15. The zero-order valence-corrected chi connectivity index (χ0v) is 19.1. The summed E-state index contributed by atoms with van der Waals surface area (Å²) in [5, 5.41) is -12.5. The first-order valence-corrected chi connectivity index (χ1v) is 13.2. The molecule has 8 nitrogen and oxygen atoms in total. The minimum atomic E-state index is -6.47. The number of nitrogens with zero attached hydrogens (tertiary/aromatic N) is 2. The van der Waals surface area contributed by atoms with Crippen LogP contribution >= 0.6 is 0 Å². The van der Waals surface area contributed by atoms with Crippen LogP contribution in [-0.2, 0) is 29.7 Å². The summed E-state index contributed by atoms with van der Waals surface area (Å²) in [7, 11) is -17.6. The predicted octanol–water partition coefficient (Wildman–Crippen LogP) is 1.21. The van der Waals surface area contributed by atoms with Crippen molar-refractivity contribution in [3.63, 3.8) is 0 Å². The normalized spacial score (nSPS) is 21.8. The van der Waals surface area contributed by atoms with E-state index in [1.165, 1.54) is 11.9 Å². The molecule has 1 rings (SSSR count). The predicted molar refractivity (Wildman–Crippen MR) is 95.6 cm³/mol. The van der Waals surface area contributed by atoms with Gasteiger partial charge in [-0.3, -0.25) is 0 Å². The number of likely N-dealkylation sites (N-methyl/N-ethyl adjacent to an activating group) is 1. The van der Waals surface area contributed by atoms with Gasteiger partial charge >= 0.3 is 16.7 Å². The van der Waals surface area contributed by atoms with Crippen LogP contribution in [0.25, 0.3) is 0 Å². The molecule has 0 bridgehead atoms. The molecule has 32 heavy (non-hydrogen) atoms. The second-order valence-corrected chi connectivity index (χ2v) is 13.8. The monoisotopic (exact) mass is 548 g/mol. The van der Waals surface area contributed by atoms with Crippen molar-refractivity contribution in [2.75, 3.05) is 33.2 Å². The van der Waals surface area contributed by atoms with Crippen LogP contribution < -0.4 is 0 Å². The number of sulfone groups is 2.